The first-order chi connectivity index (χ1) is 41.8. The number of hydrogen-bond acceptors (Lipinski definition) is 20. The third kappa shape index (κ3) is 26.7. The lowest BCUT2D eigenvalue weighted by Crippen LogP contribution is -2.63. The highest BCUT2D eigenvalue weighted by Crippen LogP contribution is 2.22. The van der Waals surface area contributed by atoms with E-state index in [1.54, 1.807) is 13.8 Å². The molecule has 0 aromatic carbocycles. The number of rotatable bonds is 39. The van der Waals surface area contributed by atoms with E-state index < -0.39 is 236 Å². The maximum absolute atomic E-state index is 14.2. The summed E-state index contributed by atoms with van der Waals surface area (Å²) in [5.41, 5.74) is 5.31. The molecule has 0 radical (unpaired) electrons. The summed E-state index contributed by atoms with van der Waals surface area (Å²) < 4.78 is 0. The van der Waals surface area contributed by atoms with Gasteiger partial charge >= 0.3 is 23.9 Å². The molecule has 0 saturated carbocycles. The maximum atomic E-state index is 14.2. The van der Waals surface area contributed by atoms with E-state index in [-0.39, 0.29) is 31.7 Å². The molecule has 20 N–H and O–H groups in total. The Labute approximate surface area is 515 Å². The molecule has 1 aliphatic rings. The van der Waals surface area contributed by atoms with E-state index in [4.69, 9.17) is 10.8 Å². The number of carboxylic acid groups (broad SMARTS) is 4. The SMILES string of the molecule is CC(=O)N[C@@H](CC(=O)O)C(=O)N[C@H](C(=O)N[C@@H](CO)C(=O)N[C@H](C(=O)N[C@@H](CO)C(=O)N[C@@H](CCC(N)=O)C(=O)N[C@@H](C)C(=O)N[C@H](C(=O)N[C@@H](CC(C)C)C(=O)N1CCC[C@H]1C(=O)N[C@@H](CC(=O)O)C(=O)N[C@@H](CC(=O)O)C(=O)O)C(C)C)[C@@H](C)O)C(C)C. The summed E-state index contributed by atoms with van der Waals surface area (Å²) in [5.74, 6) is -22.4. The largest absolute Gasteiger partial charge is 0.481 e. The van der Waals surface area contributed by atoms with Crippen molar-refractivity contribution in [2.45, 2.75) is 192 Å². The van der Waals surface area contributed by atoms with Crippen LogP contribution < -0.4 is 64.2 Å². The molecular formula is C53H85N13O24. The summed E-state index contributed by atoms with van der Waals surface area (Å²) in [7, 11) is 0. The van der Waals surface area contributed by atoms with E-state index in [0.29, 0.717) is 0 Å². The van der Waals surface area contributed by atoms with Crippen LogP contribution in [0.4, 0.5) is 0 Å². The van der Waals surface area contributed by atoms with Gasteiger partial charge in [-0.2, -0.15) is 0 Å². The number of aliphatic carboxylic acids is 4. The third-order valence-electron chi connectivity index (χ3n) is 13.5. The van der Waals surface area contributed by atoms with Crippen molar-refractivity contribution >= 4 is 101 Å². The van der Waals surface area contributed by atoms with Crippen LogP contribution in [0.2, 0.25) is 0 Å². The first-order valence-electron chi connectivity index (χ1n) is 28.4. The first-order valence-corrected chi connectivity index (χ1v) is 28.4. The van der Waals surface area contributed by atoms with Crippen molar-refractivity contribution in [3.63, 3.8) is 0 Å². The Morgan fingerprint density at radius 3 is 1.29 bits per heavy atom. The summed E-state index contributed by atoms with van der Waals surface area (Å²) in [4.78, 5) is 220. The average Bonchev–Trinajstić information content (AvgIpc) is 1.68. The van der Waals surface area contributed by atoms with Crippen LogP contribution in [0.3, 0.4) is 0 Å². The van der Waals surface area contributed by atoms with Crippen molar-refractivity contribution in [1.82, 2.24) is 63.4 Å². The van der Waals surface area contributed by atoms with Crippen molar-refractivity contribution < 1.29 is 117 Å². The second kappa shape index (κ2) is 37.7. The Morgan fingerprint density at radius 2 is 0.856 bits per heavy atom. The minimum Gasteiger partial charge on any atom is -0.481 e. The van der Waals surface area contributed by atoms with Crippen LogP contribution in [0, 0.1) is 17.8 Å². The van der Waals surface area contributed by atoms with Crippen LogP contribution >= 0.6 is 0 Å². The summed E-state index contributed by atoms with van der Waals surface area (Å²) in [6.07, 6.45) is -5.78. The normalized spacial score (nSPS) is 16.8. The predicted molar refractivity (Wildman–Crippen MR) is 305 cm³/mol. The number of aliphatic hydroxyl groups is 3. The summed E-state index contributed by atoms with van der Waals surface area (Å²) >= 11 is 0. The molecule has 1 saturated heterocycles. The Balaban J connectivity index is 3.28. The summed E-state index contributed by atoms with van der Waals surface area (Å²) in [5, 5.41) is 92.3. The highest BCUT2D eigenvalue weighted by molar-refractivity contribution is 6.00. The van der Waals surface area contributed by atoms with Gasteiger partial charge in [-0.05, 0) is 57.3 Å². The number of carboxylic acids is 4. The van der Waals surface area contributed by atoms with Crippen molar-refractivity contribution in [3.05, 3.63) is 0 Å². The number of carbonyl (C=O) groups is 17. The van der Waals surface area contributed by atoms with Crippen LogP contribution in [0.25, 0.3) is 0 Å². The van der Waals surface area contributed by atoms with Crippen molar-refractivity contribution in [2.75, 3.05) is 19.8 Å². The van der Waals surface area contributed by atoms with E-state index >= 15 is 0 Å². The van der Waals surface area contributed by atoms with Crippen LogP contribution in [0.1, 0.15) is 114 Å². The standard InChI is InChI=1S/C53H85N13O24/c1-21(2)15-30(52(88)66-14-10-11-34(66)48(84)58-29(17-37(74)75)44(80)60-31(53(89)90)18-38(76)77)59-49(85)39(22(3)4)63-42(78)24(7)55-43(79)27(12-13-35(54)71)57-46(82)32(19-67)62-51(87)41(25(8)69)65-47(83)33(20-68)61-50(86)40(23(5)6)64-45(81)28(16-36(72)73)56-26(9)70/h21-25,27-34,39-41,67-69H,10-20H2,1-9H3,(H2,54,71)(H,55,79)(H,56,70)(H,57,82)(H,58,84)(H,59,85)(H,60,80)(H,61,86)(H,62,87)(H,63,78)(H,64,81)(H,65,83)(H,72,73)(H,74,75)(H,76,77)(H,89,90)/t24-,25+,27-,28-,29-,30-,31-,32-,33-,34-,39-,40-,41-/m0/s1. The molecule has 13 amide bonds. The number of carbonyl (C=O) groups excluding carboxylic acids is 13. The van der Waals surface area contributed by atoms with Crippen LogP contribution in [0.5, 0.6) is 0 Å². The van der Waals surface area contributed by atoms with Crippen LogP contribution in [-0.4, -0.2) is 240 Å². The lowest BCUT2D eigenvalue weighted by molar-refractivity contribution is -0.148. The number of amides is 13. The van der Waals surface area contributed by atoms with E-state index in [1.807, 2.05) is 5.32 Å². The molecule has 37 nitrogen and oxygen atoms in total. The smallest absolute Gasteiger partial charge is 0.326 e. The molecule has 0 bridgehead atoms. The fourth-order valence-electron chi connectivity index (χ4n) is 8.77. The quantitative estimate of drug-likeness (QED) is 0.0272. The monoisotopic (exact) mass is 1290 g/mol. The summed E-state index contributed by atoms with van der Waals surface area (Å²) in [6, 6.07) is -20.4. The number of hydrogen-bond donors (Lipinski definition) is 19. The van der Waals surface area contributed by atoms with Crippen molar-refractivity contribution in [1.29, 1.82) is 0 Å². The predicted octanol–water partition coefficient (Wildman–Crippen LogP) is -8.15. The van der Waals surface area contributed by atoms with Crippen LogP contribution in [0.15, 0.2) is 0 Å². The van der Waals surface area contributed by atoms with Gasteiger partial charge in [-0.15, -0.1) is 0 Å². The Hall–Kier alpha value is -9.13. The fourth-order valence-corrected chi connectivity index (χ4v) is 8.77. The van der Waals surface area contributed by atoms with Gasteiger partial charge in [0.1, 0.15) is 72.5 Å². The van der Waals surface area contributed by atoms with Gasteiger partial charge < -0.3 is 105 Å². The molecule has 0 aromatic rings. The number of nitrogens with zero attached hydrogens (tertiary/aromatic N) is 1. The minimum atomic E-state index is -2.00. The fraction of sp³-hybridized carbons (Fsp3) is 0.679. The highest BCUT2D eigenvalue weighted by Gasteiger charge is 2.42. The number of likely N-dealkylation sites (tertiary alicyclic amines) is 1. The molecule has 90 heavy (non-hydrogen) atoms. The lowest BCUT2D eigenvalue weighted by Gasteiger charge is -2.32. The zero-order valence-corrected chi connectivity index (χ0v) is 51.1. The van der Waals surface area contributed by atoms with E-state index in [1.165, 1.54) is 27.7 Å². The van der Waals surface area contributed by atoms with Gasteiger partial charge in [0.15, 0.2) is 0 Å². The minimum absolute atomic E-state index is 0.0118. The molecule has 0 spiro atoms. The Bertz CT molecular complexity index is 2640. The molecule has 37 heteroatoms. The Kier molecular flexibility index (Phi) is 33.0. The molecule has 1 rings (SSSR count). The molecule has 0 aromatic heterocycles. The zero-order chi connectivity index (χ0) is 69.2. The number of aliphatic hydroxyl groups excluding tert-OH is 3. The number of primary amides is 1. The number of nitrogens with one attached hydrogen (secondary N) is 11. The van der Waals surface area contributed by atoms with Gasteiger partial charge in [-0.25, -0.2) is 4.79 Å². The van der Waals surface area contributed by atoms with E-state index in [9.17, 15) is 112 Å². The van der Waals surface area contributed by atoms with Gasteiger partial charge in [-0.1, -0.05) is 41.5 Å². The van der Waals surface area contributed by atoms with Gasteiger partial charge in [0.05, 0.1) is 38.6 Å². The number of nitrogens with two attached hydrogens (primary N) is 1. The van der Waals surface area contributed by atoms with Gasteiger partial charge in [0.25, 0.3) is 0 Å². The second-order valence-electron chi connectivity index (χ2n) is 22.4. The van der Waals surface area contributed by atoms with Crippen LogP contribution in [-0.2, 0) is 81.5 Å². The lowest BCUT2D eigenvalue weighted by atomic mass is 9.99. The zero-order valence-electron chi connectivity index (χ0n) is 51.1. The van der Waals surface area contributed by atoms with Crippen molar-refractivity contribution in [3.8, 4) is 0 Å². The average molecular weight is 1290 g/mol. The molecular weight excluding hydrogens is 1200 g/mol. The highest BCUT2D eigenvalue weighted by atomic mass is 16.4. The molecule has 0 aliphatic carbocycles. The summed E-state index contributed by atoms with van der Waals surface area (Å²) in [6.45, 7) is 10.1. The molecule has 506 valence electrons. The van der Waals surface area contributed by atoms with Crippen molar-refractivity contribution in [2.24, 2.45) is 23.5 Å². The molecule has 0 unspecified atom stereocenters. The molecule has 1 heterocycles. The third-order valence-corrected chi connectivity index (χ3v) is 13.5. The molecule has 13 atom stereocenters. The first kappa shape index (κ1) is 78.9. The van der Waals surface area contributed by atoms with Gasteiger partial charge in [0.2, 0.25) is 76.8 Å². The molecule has 1 aliphatic heterocycles. The van der Waals surface area contributed by atoms with Gasteiger partial charge in [0, 0.05) is 19.9 Å². The van der Waals surface area contributed by atoms with E-state index in [2.05, 4.69) is 53.2 Å². The topological polar surface area (TPSA) is 593 Å². The van der Waals surface area contributed by atoms with E-state index in [0.717, 1.165) is 25.7 Å². The van der Waals surface area contributed by atoms with Gasteiger partial charge in [-0.3, -0.25) is 76.7 Å². The Morgan fingerprint density at radius 1 is 0.467 bits per heavy atom. The molecule has 1 fully saturated rings. The maximum Gasteiger partial charge on any atom is 0.326 e. The second-order valence-corrected chi connectivity index (χ2v) is 22.4.